The molecular formula is C20H25N3O3. The lowest BCUT2D eigenvalue weighted by Gasteiger charge is -2.35. The monoisotopic (exact) mass is 355 g/mol. The second kappa shape index (κ2) is 7.91. The summed E-state index contributed by atoms with van der Waals surface area (Å²) in [5, 5.41) is 0. The summed E-state index contributed by atoms with van der Waals surface area (Å²) in [7, 11) is 0. The molecule has 0 unspecified atom stereocenters. The van der Waals surface area contributed by atoms with E-state index in [4.69, 9.17) is 9.47 Å². The van der Waals surface area contributed by atoms with Gasteiger partial charge >= 0.3 is 0 Å². The number of rotatable bonds is 6. The highest BCUT2D eigenvalue weighted by atomic mass is 16.5. The van der Waals surface area contributed by atoms with E-state index in [9.17, 15) is 4.79 Å². The maximum Gasteiger partial charge on any atom is 0.249 e. The fourth-order valence-corrected chi connectivity index (χ4v) is 3.79. The van der Waals surface area contributed by atoms with E-state index >= 15 is 0 Å². The average Bonchev–Trinajstić information content (AvgIpc) is 3.36. The predicted octanol–water partition coefficient (Wildman–Crippen LogP) is 2.80. The van der Waals surface area contributed by atoms with E-state index in [1.54, 1.807) is 6.20 Å². The van der Waals surface area contributed by atoms with Crippen LogP contribution >= 0.6 is 0 Å². The van der Waals surface area contributed by atoms with Crippen LogP contribution in [0.2, 0.25) is 0 Å². The molecule has 6 heteroatoms. The molecule has 2 aromatic rings. The van der Waals surface area contributed by atoms with Crippen LogP contribution in [0, 0.1) is 0 Å². The third-order valence-electron chi connectivity index (χ3n) is 5.20. The molecule has 0 N–H and O–H groups in total. The standard InChI is InChI=1S/C20H25N3O3/c24-20(15-25-18-7-1-2-8-18)22-12-16-6-5-11-23(16)17(13-22)14-26-19-9-3-4-10-21-19/h3-6,9-11,17-18H,1-2,7-8,12-15H2/t17-/m1/s1. The molecule has 3 heterocycles. The molecule has 4 rings (SSSR count). The molecule has 0 bridgehead atoms. The number of ether oxygens (including phenoxy) is 2. The lowest BCUT2D eigenvalue weighted by atomic mass is 10.2. The molecule has 1 atom stereocenters. The first-order chi connectivity index (χ1) is 12.8. The zero-order chi connectivity index (χ0) is 17.8. The van der Waals surface area contributed by atoms with Crippen molar-refractivity contribution in [2.75, 3.05) is 19.8 Å². The summed E-state index contributed by atoms with van der Waals surface area (Å²) in [6.07, 6.45) is 8.61. The van der Waals surface area contributed by atoms with Gasteiger partial charge in [0, 0.05) is 30.7 Å². The Morgan fingerprint density at radius 3 is 2.88 bits per heavy atom. The Balaban J connectivity index is 1.38. The van der Waals surface area contributed by atoms with Crippen LogP contribution in [0.3, 0.4) is 0 Å². The van der Waals surface area contributed by atoms with E-state index in [0.717, 1.165) is 18.5 Å². The zero-order valence-corrected chi connectivity index (χ0v) is 14.9. The maximum absolute atomic E-state index is 12.6. The minimum Gasteiger partial charge on any atom is -0.475 e. The minimum absolute atomic E-state index is 0.0622. The van der Waals surface area contributed by atoms with Crippen molar-refractivity contribution in [3.63, 3.8) is 0 Å². The average molecular weight is 355 g/mol. The lowest BCUT2D eigenvalue weighted by molar-refractivity contribution is -0.140. The van der Waals surface area contributed by atoms with Crippen molar-refractivity contribution in [3.8, 4) is 5.88 Å². The topological polar surface area (TPSA) is 56.6 Å². The number of carbonyl (C=O) groups excluding carboxylic acids is 1. The summed E-state index contributed by atoms with van der Waals surface area (Å²) in [6, 6.07) is 9.77. The molecule has 0 aromatic carbocycles. The molecule has 26 heavy (non-hydrogen) atoms. The van der Waals surface area contributed by atoms with Gasteiger partial charge in [-0.2, -0.15) is 0 Å². The van der Waals surface area contributed by atoms with Gasteiger partial charge in [-0.05, 0) is 31.0 Å². The molecule has 1 amide bonds. The molecule has 1 aliphatic carbocycles. The summed E-state index contributed by atoms with van der Waals surface area (Å²) in [5.41, 5.74) is 1.13. The first kappa shape index (κ1) is 17.1. The molecule has 1 fully saturated rings. The number of aromatic nitrogens is 2. The molecule has 6 nitrogen and oxygen atoms in total. The molecule has 0 radical (unpaired) electrons. The van der Waals surface area contributed by atoms with Crippen molar-refractivity contribution in [1.82, 2.24) is 14.5 Å². The number of amides is 1. The largest absolute Gasteiger partial charge is 0.475 e. The molecule has 2 aromatic heterocycles. The Kier molecular flexibility index (Phi) is 5.20. The smallest absolute Gasteiger partial charge is 0.249 e. The van der Waals surface area contributed by atoms with Gasteiger partial charge < -0.3 is 18.9 Å². The summed E-state index contributed by atoms with van der Waals surface area (Å²) >= 11 is 0. The molecule has 1 saturated carbocycles. The van der Waals surface area contributed by atoms with Crippen molar-refractivity contribution in [2.24, 2.45) is 0 Å². The van der Waals surface area contributed by atoms with Crippen LogP contribution in [0.4, 0.5) is 0 Å². The SMILES string of the molecule is O=C(COC1CCCC1)N1Cc2cccn2[C@@H](COc2ccccn2)C1. The Labute approximate surface area is 153 Å². The van der Waals surface area contributed by atoms with Crippen molar-refractivity contribution >= 4 is 5.91 Å². The van der Waals surface area contributed by atoms with E-state index in [0.29, 0.717) is 25.6 Å². The molecule has 0 saturated heterocycles. The second-order valence-corrected chi connectivity index (χ2v) is 7.03. The molecule has 1 aliphatic heterocycles. The Morgan fingerprint density at radius 2 is 2.08 bits per heavy atom. The third-order valence-corrected chi connectivity index (χ3v) is 5.20. The van der Waals surface area contributed by atoms with Gasteiger partial charge in [0.25, 0.3) is 0 Å². The van der Waals surface area contributed by atoms with Gasteiger partial charge in [-0.25, -0.2) is 4.98 Å². The van der Waals surface area contributed by atoms with E-state index in [1.807, 2.05) is 29.2 Å². The van der Waals surface area contributed by atoms with Crippen molar-refractivity contribution in [1.29, 1.82) is 0 Å². The van der Waals surface area contributed by atoms with Gasteiger partial charge in [-0.1, -0.05) is 18.9 Å². The van der Waals surface area contributed by atoms with Gasteiger partial charge in [0.1, 0.15) is 13.2 Å². The second-order valence-electron chi connectivity index (χ2n) is 7.03. The molecule has 0 spiro atoms. The van der Waals surface area contributed by atoms with E-state index in [-0.39, 0.29) is 24.7 Å². The van der Waals surface area contributed by atoms with Crippen molar-refractivity contribution in [3.05, 3.63) is 48.4 Å². The number of fused-ring (bicyclic) bond motifs is 1. The fourth-order valence-electron chi connectivity index (χ4n) is 3.79. The van der Waals surface area contributed by atoms with E-state index in [1.165, 1.54) is 12.8 Å². The van der Waals surface area contributed by atoms with Crippen LogP contribution in [-0.2, 0) is 16.1 Å². The summed E-state index contributed by atoms with van der Waals surface area (Å²) in [6.45, 7) is 1.91. The molecule has 2 aliphatic rings. The van der Waals surface area contributed by atoms with Crippen LogP contribution in [-0.4, -0.2) is 46.2 Å². The third kappa shape index (κ3) is 3.90. The van der Waals surface area contributed by atoms with Gasteiger partial charge in [-0.15, -0.1) is 0 Å². The van der Waals surface area contributed by atoms with Crippen LogP contribution in [0.5, 0.6) is 5.88 Å². The highest BCUT2D eigenvalue weighted by Gasteiger charge is 2.28. The number of carbonyl (C=O) groups is 1. The molecule has 138 valence electrons. The zero-order valence-electron chi connectivity index (χ0n) is 14.9. The maximum atomic E-state index is 12.6. The first-order valence-corrected chi connectivity index (χ1v) is 9.38. The van der Waals surface area contributed by atoms with Crippen molar-refractivity contribution in [2.45, 2.75) is 44.4 Å². The van der Waals surface area contributed by atoms with Crippen LogP contribution in [0.15, 0.2) is 42.7 Å². The van der Waals surface area contributed by atoms with E-state index < -0.39 is 0 Å². The van der Waals surface area contributed by atoms with Gasteiger partial charge in [0.05, 0.1) is 18.7 Å². The highest BCUT2D eigenvalue weighted by Crippen LogP contribution is 2.24. The van der Waals surface area contributed by atoms with Crippen molar-refractivity contribution < 1.29 is 14.3 Å². The fraction of sp³-hybridized carbons (Fsp3) is 0.500. The Bertz CT molecular complexity index is 725. The van der Waals surface area contributed by atoms with Crippen LogP contribution < -0.4 is 4.74 Å². The Morgan fingerprint density at radius 1 is 1.19 bits per heavy atom. The summed E-state index contributed by atoms with van der Waals surface area (Å²) < 4.78 is 13.9. The first-order valence-electron chi connectivity index (χ1n) is 9.38. The summed E-state index contributed by atoms with van der Waals surface area (Å²) in [5.74, 6) is 0.668. The normalized spacial score (nSPS) is 20.2. The van der Waals surface area contributed by atoms with Gasteiger partial charge in [-0.3, -0.25) is 4.79 Å². The number of hydrogen-bond acceptors (Lipinski definition) is 4. The number of nitrogens with zero attached hydrogens (tertiary/aromatic N) is 3. The van der Waals surface area contributed by atoms with Gasteiger partial charge in [0.2, 0.25) is 11.8 Å². The number of pyridine rings is 1. The number of hydrogen-bond donors (Lipinski definition) is 0. The van der Waals surface area contributed by atoms with E-state index in [2.05, 4.69) is 21.8 Å². The highest BCUT2D eigenvalue weighted by molar-refractivity contribution is 5.77. The predicted molar refractivity (Wildman–Crippen MR) is 96.8 cm³/mol. The minimum atomic E-state index is 0.0622. The lowest BCUT2D eigenvalue weighted by Crippen LogP contribution is -2.44. The van der Waals surface area contributed by atoms with Gasteiger partial charge in [0.15, 0.2) is 0 Å². The van der Waals surface area contributed by atoms with Crippen LogP contribution in [0.25, 0.3) is 0 Å². The Hall–Kier alpha value is -2.34. The summed E-state index contributed by atoms with van der Waals surface area (Å²) in [4.78, 5) is 18.7. The van der Waals surface area contributed by atoms with Crippen LogP contribution in [0.1, 0.15) is 37.4 Å². The quantitative estimate of drug-likeness (QED) is 0.800. The molecular weight excluding hydrogens is 330 g/mol.